The van der Waals surface area contributed by atoms with Gasteiger partial charge in [0.2, 0.25) is 0 Å². The Morgan fingerprint density at radius 3 is 1.73 bits per heavy atom. The van der Waals surface area contributed by atoms with E-state index in [1.807, 2.05) is 6.08 Å². The number of rotatable bonds is 1. The molecule has 0 aromatic heterocycles. The average molecular weight is 206 g/mol. The fraction of sp³-hybridized carbons (Fsp3) is 0.692. The molecule has 0 saturated carbocycles. The molecule has 0 heterocycles. The van der Waals surface area contributed by atoms with E-state index in [-0.39, 0.29) is 16.9 Å². The highest BCUT2D eigenvalue weighted by molar-refractivity contribution is 5.24. The van der Waals surface area contributed by atoms with Gasteiger partial charge in [0.05, 0.1) is 11.5 Å². The second kappa shape index (κ2) is 4.49. The summed E-state index contributed by atoms with van der Waals surface area (Å²) in [6.07, 6.45) is 1.94. The molecular weight excluding hydrogens is 184 g/mol. The van der Waals surface area contributed by atoms with Crippen molar-refractivity contribution in [2.75, 3.05) is 0 Å². The monoisotopic (exact) mass is 206 g/mol. The van der Waals surface area contributed by atoms with Crippen LogP contribution in [0.2, 0.25) is 0 Å². The van der Waals surface area contributed by atoms with Gasteiger partial charge in [-0.05, 0) is 25.6 Å². The minimum absolute atomic E-state index is 0.0179. The Morgan fingerprint density at radius 1 is 1.07 bits per heavy atom. The Labute approximate surface area is 93.6 Å². The van der Waals surface area contributed by atoms with Gasteiger partial charge in [-0.15, -0.1) is 0 Å². The Balaban J connectivity index is 5.20. The predicted octanol–water partition coefficient (Wildman–Crippen LogP) is 4.26. The topological polar surface area (TPSA) is 8.72 Å². The molecule has 2 heteroatoms. The molecule has 15 heavy (non-hydrogen) atoms. The third-order valence-corrected chi connectivity index (χ3v) is 2.27. The van der Waals surface area contributed by atoms with Gasteiger partial charge < -0.3 is 0 Å². The van der Waals surface area contributed by atoms with Crippen LogP contribution in [0.3, 0.4) is 0 Å². The van der Waals surface area contributed by atoms with Crippen molar-refractivity contribution in [2.24, 2.45) is 10.8 Å². The molecule has 0 aliphatic carbocycles. The van der Waals surface area contributed by atoms with Gasteiger partial charge in [-0.1, -0.05) is 25.6 Å². The van der Waals surface area contributed by atoms with Gasteiger partial charge in [0, 0.05) is 5.41 Å². The van der Waals surface area contributed by atoms with Gasteiger partial charge in [-0.25, -0.2) is 0 Å². The van der Waals surface area contributed by atoms with E-state index in [0.29, 0.717) is 0 Å². The molecule has 0 aliphatic heterocycles. The molecule has 0 rings (SSSR count). The summed E-state index contributed by atoms with van der Waals surface area (Å²) in [6.45, 7) is 23.2. The van der Waals surface area contributed by atoms with Crippen molar-refractivity contribution >= 4 is 0 Å². The molecule has 82 valence electrons. The van der Waals surface area contributed by atoms with Crippen molar-refractivity contribution in [1.82, 2.24) is 0 Å². The number of allylic oxidation sites excluding steroid dienone is 1. The highest BCUT2D eigenvalue weighted by Gasteiger charge is 2.37. The molecular formula is C13H22N2+2. The lowest BCUT2D eigenvalue weighted by atomic mass is 9.83. The summed E-state index contributed by atoms with van der Waals surface area (Å²) in [4.78, 5) is 7.67. The van der Waals surface area contributed by atoms with E-state index in [1.54, 1.807) is 0 Å². The fourth-order valence-corrected chi connectivity index (χ4v) is 1.15. The predicted molar refractivity (Wildman–Crippen MR) is 67.4 cm³/mol. The number of hydrogen-bond acceptors (Lipinski definition) is 0. The smallest absolute Gasteiger partial charge is 0.0782 e. The molecule has 0 amide bonds. The fourth-order valence-electron chi connectivity index (χ4n) is 1.15. The van der Waals surface area contributed by atoms with Crippen molar-refractivity contribution < 1.29 is 0 Å². The summed E-state index contributed by atoms with van der Waals surface area (Å²) in [6, 6.07) is -0.0703. The quantitative estimate of drug-likeness (QED) is 0.606. The second-order valence-corrected chi connectivity index (χ2v) is 5.89. The van der Waals surface area contributed by atoms with Crippen LogP contribution in [-0.4, -0.2) is 6.04 Å². The van der Waals surface area contributed by atoms with Crippen LogP contribution in [0.15, 0.2) is 11.8 Å². The minimum atomic E-state index is -0.0804. The molecule has 1 atom stereocenters. The summed E-state index contributed by atoms with van der Waals surface area (Å²) in [7, 11) is 0. The maximum atomic E-state index is 5.40. The van der Waals surface area contributed by atoms with Gasteiger partial charge in [-0.2, -0.15) is 0 Å². The highest BCUT2D eigenvalue weighted by Crippen LogP contribution is 2.31. The van der Waals surface area contributed by atoms with E-state index in [1.165, 1.54) is 0 Å². The van der Waals surface area contributed by atoms with E-state index in [0.717, 1.165) is 5.70 Å². The molecule has 0 spiro atoms. The van der Waals surface area contributed by atoms with Crippen LogP contribution in [0, 0.1) is 24.0 Å². The summed E-state index contributed by atoms with van der Waals surface area (Å²) in [5.74, 6) is 0. The number of nitrogens with zero attached hydrogens (tertiary/aromatic N) is 2. The molecule has 1 unspecified atom stereocenters. The van der Waals surface area contributed by atoms with Crippen LogP contribution >= 0.6 is 0 Å². The zero-order chi connectivity index (χ0) is 12.3. The van der Waals surface area contributed by atoms with Crippen molar-refractivity contribution in [3.05, 3.63) is 21.5 Å². The Morgan fingerprint density at radius 2 is 1.53 bits per heavy atom. The van der Waals surface area contributed by atoms with Gasteiger partial charge in [0.1, 0.15) is 0 Å². The van der Waals surface area contributed by atoms with Crippen molar-refractivity contribution in [3.8, 4) is 13.1 Å². The Kier molecular flexibility index (Phi) is 4.11. The third kappa shape index (κ3) is 4.17. The first-order chi connectivity index (χ1) is 6.62. The van der Waals surface area contributed by atoms with Crippen LogP contribution in [0.4, 0.5) is 0 Å². The SMILES string of the molecule is C#[N+]C(=CC([N+]#C)C(C)(C)C)C(C)(C)C. The van der Waals surface area contributed by atoms with Crippen LogP contribution in [-0.2, 0) is 0 Å². The molecule has 0 bridgehead atoms. The van der Waals surface area contributed by atoms with E-state index < -0.39 is 0 Å². The lowest BCUT2D eigenvalue weighted by Crippen LogP contribution is -2.22. The first-order valence-electron chi connectivity index (χ1n) is 5.16. The van der Waals surface area contributed by atoms with Gasteiger partial charge in [0.15, 0.2) is 0 Å². The molecule has 0 aromatic carbocycles. The summed E-state index contributed by atoms with van der Waals surface area (Å²) in [5.41, 5.74) is 0.732. The standard InChI is InChI=1S/C13H22N2/c1-12(2,3)10(14-7)9-11(15-8)13(4,5)6/h7-10H,1-6H3/q+2. The van der Waals surface area contributed by atoms with E-state index in [4.69, 9.17) is 13.1 Å². The highest BCUT2D eigenvalue weighted by atomic mass is 14.8. The molecule has 0 radical (unpaired) electrons. The maximum absolute atomic E-state index is 5.40. The summed E-state index contributed by atoms with van der Waals surface area (Å²) in [5, 5.41) is 0. The first kappa shape index (κ1) is 13.7. The van der Waals surface area contributed by atoms with E-state index in [9.17, 15) is 0 Å². The molecule has 0 aliphatic rings. The third-order valence-electron chi connectivity index (χ3n) is 2.27. The molecule has 2 nitrogen and oxygen atoms in total. The lowest BCUT2D eigenvalue weighted by molar-refractivity contribution is 0.394. The normalized spacial score (nSPS) is 15.3. The molecule has 0 N–H and O–H groups in total. The zero-order valence-corrected chi connectivity index (χ0v) is 10.7. The first-order valence-corrected chi connectivity index (χ1v) is 5.16. The molecule has 0 aromatic rings. The Hall–Kier alpha value is -1.28. The average Bonchev–Trinajstić information content (AvgIpc) is 2.01. The van der Waals surface area contributed by atoms with Gasteiger partial charge in [0.25, 0.3) is 13.1 Å². The zero-order valence-electron chi connectivity index (χ0n) is 10.7. The molecule has 0 saturated heterocycles. The van der Waals surface area contributed by atoms with Crippen LogP contribution in [0.5, 0.6) is 0 Å². The van der Waals surface area contributed by atoms with Crippen LogP contribution in [0.25, 0.3) is 9.69 Å². The molecule has 0 fully saturated rings. The van der Waals surface area contributed by atoms with Gasteiger partial charge in [-0.3, -0.25) is 0 Å². The Bertz CT molecular complexity index is 324. The maximum Gasteiger partial charge on any atom is 0.325 e. The number of hydrogen-bond donors (Lipinski definition) is 0. The van der Waals surface area contributed by atoms with Crippen LogP contribution < -0.4 is 0 Å². The van der Waals surface area contributed by atoms with Gasteiger partial charge >= 0.3 is 11.7 Å². The minimum Gasteiger partial charge on any atom is -0.0782 e. The van der Waals surface area contributed by atoms with Crippen molar-refractivity contribution in [3.63, 3.8) is 0 Å². The van der Waals surface area contributed by atoms with Crippen molar-refractivity contribution in [1.29, 1.82) is 0 Å². The lowest BCUT2D eigenvalue weighted by Gasteiger charge is -2.15. The largest absolute Gasteiger partial charge is 0.325 e. The second-order valence-electron chi connectivity index (χ2n) is 5.89. The van der Waals surface area contributed by atoms with E-state index in [2.05, 4.69) is 51.2 Å². The van der Waals surface area contributed by atoms with Crippen LogP contribution in [0.1, 0.15) is 41.5 Å². The van der Waals surface area contributed by atoms with E-state index >= 15 is 0 Å². The summed E-state index contributed by atoms with van der Waals surface area (Å²) < 4.78 is 0. The van der Waals surface area contributed by atoms with Crippen molar-refractivity contribution in [2.45, 2.75) is 47.6 Å². The summed E-state index contributed by atoms with van der Waals surface area (Å²) >= 11 is 0.